The van der Waals surface area contributed by atoms with Gasteiger partial charge in [0.15, 0.2) is 0 Å². The van der Waals surface area contributed by atoms with Gasteiger partial charge in [-0.15, -0.1) is 0 Å². The number of hydrogen-bond donors (Lipinski definition) is 3. The summed E-state index contributed by atoms with van der Waals surface area (Å²) in [4.78, 5) is 24.7. The Bertz CT molecular complexity index is 1510. The molecule has 0 radical (unpaired) electrons. The molecule has 2 atom stereocenters. The van der Waals surface area contributed by atoms with Crippen molar-refractivity contribution in [3.05, 3.63) is 36.5 Å². The number of carbonyl (C=O) groups is 2. The highest BCUT2D eigenvalue weighted by Gasteiger charge is 2.18. The summed E-state index contributed by atoms with van der Waals surface area (Å²) >= 11 is 0. The molecule has 6 heteroatoms. The number of rotatable bonds is 81. The number of aliphatic hydroxyl groups is 2. The Balaban J connectivity index is 3.31. The maximum Gasteiger partial charge on any atom is 0.305 e. The highest BCUT2D eigenvalue weighted by atomic mass is 16.5. The van der Waals surface area contributed by atoms with E-state index in [4.69, 9.17) is 4.74 Å². The standard InChI is InChI=1S/C87H167NO5/c1-3-5-7-9-11-13-15-17-19-21-22-44-48-51-55-59-63-67-71-75-79-85(90)84(83-89)88-86(91)80-76-72-68-64-60-56-52-49-45-42-40-38-36-34-32-30-28-26-24-23-25-27-29-31-33-35-37-39-41-43-46-50-54-58-62-66-70-74-78-82-93-87(92)81-77-73-69-65-61-57-53-47-20-18-16-14-12-10-8-6-4-2/h12,14,18,20,75,79,84-85,89-90H,3-11,13,15-17,19,21-74,76-78,80-83H2,1-2H3,(H,88,91)/b14-12-,20-18-,79-75+. The zero-order valence-electron chi connectivity index (χ0n) is 63.3. The summed E-state index contributed by atoms with van der Waals surface area (Å²) in [6, 6.07) is -0.624. The highest BCUT2D eigenvalue weighted by Crippen LogP contribution is 2.21. The summed E-state index contributed by atoms with van der Waals surface area (Å²) in [6.45, 7) is 4.93. The lowest BCUT2D eigenvalue weighted by Gasteiger charge is -2.20. The maximum absolute atomic E-state index is 12.5. The van der Waals surface area contributed by atoms with Crippen LogP contribution in [0.5, 0.6) is 0 Å². The van der Waals surface area contributed by atoms with Crippen molar-refractivity contribution in [2.45, 2.75) is 495 Å². The minimum atomic E-state index is -0.841. The van der Waals surface area contributed by atoms with E-state index in [1.54, 1.807) is 6.08 Å². The van der Waals surface area contributed by atoms with E-state index in [-0.39, 0.29) is 18.5 Å². The summed E-state index contributed by atoms with van der Waals surface area (Å²) in [5, 5.41) is 23.3. The van der Waals surface area contributed by atoms with Crippen molar-refractivity contribution < 1.29 is 24.5 Å². The van der Waals surface area contributed by atoms with Crippen molar-refractivity contribution in [3.8, 4) is 0 Å². The quantitative estimate of drug-likeness (QED) is 0.0320. The molecule has 6 nitrogen and oxygen atoms in total. The van der Waals surface area contributed by atoms with Crippen LogP contribution in [0.2, 0.25) is 0 Å². The molecule has 0 heterocycles. The number of esters is 1. The zero-order valence-corrected chi connectivity index (χ0v) is 63.3. The lowest BCUT2D eigenvalue weighted by molar-refractivity contribution is -0.143. The Morgan fingerprint density at radius 1 is 0.301 bits per heavy atom. The van der Waals surface area contributed by atoms with Crippen LogP contribution in [0.3, 0.4) is 0 Å². The molecule has 0 aliphatic heterocycles. The van der Waals surface area contributed by atoms with Crippen molar-refractivity contribution in [3.63, 3.8) is 0 Å². The molecule has 93 heavy (non-hydrogen) atoms. The van der Waals surface area contributed by atoms with Crippen LogP contribution in [0.4, 0.5) is 0 Å². The van der Waals surface area contributed by atoms with Gasteiger partial charge in [0, 0.05) is 12.8 Å². The van der Waals surface area contributed by atoms with Crippen LogP contribution < -0.4 is 5.32 Å². The predicted molar refractivity (Wildman–Crippen MR) is 412 cm³/mol. The van der Waals surface area contributed by atoms with Crippen LogP contribution in [0.25, 0.3) is 0 Å². The second kappa shape index (κ2) is 82.5. The number of ether oxygens (including phenoxy) is 1. The first kappa shape index (κ1) is 91.1. The molecule has 0 aromatic carbocycles. The molecule has 0 bridgehead atoms. The van der Waals surface area contributed by atoms with Crippen molar-refractivity contribution in [2.75, 3.05) is 13.2 Å². The molecule has 0 aromatic rings. The zero-order chi connectivity index (χ0) is 67.0. The largest absolute Gasteiger partial charge is 0.466 e. The molecule has 0 aliphatic carbocycles. The third kappa shape index (κ3) is 79.0. The lowest BCUT2D eigenvalue weighted by Crippen LogP contribution is -2.45. The van der Waals surface area contributed by atoms with Gasteiger partial charge in [-0.25, -0.2) is 0 Å². The minimum Gasteiger partial charge on any atom is -0.466 e. The van der Waals surface area contributed by atoms with Gasteiger partial charge in [0.05, 0.1) is 25.4 Å². The van der Waals surface area contributed by atoms with Gasteiger partial charge < -0.3 is 20.3 Å². The van der Waals surface area contributed by atoms with E-state index >= 15 is 0 Å². The SMILES string of the molecule is CCCCC/C=C\C/C=C\CCCCCCCCCC(=O)OCCCCCCCCCCCCCCCCCCCCCCCCCCCCCCCCCCCCCCCCCC(=O)NC(CO)C(O)/C=C/CCCCCCCCCCCCCCCCCCCC. The molecule has 0 saturated heterocycles. The summed E-state index contributed by atoms with van der Waals surface area (Å²) < 4.78 is 5.51. The molecule has 0 aromatic heterocycles. The van der Waals surface area contributed by atoms with Crippen LogP contribution >= 0.6 is 0 Å². The number of hydrogen-bond acceptors (Lipinski definition) is 5. The average Bonchev–Trinajstić information content (AvgIpc) is 3.78. The van der Waals surface area contributed by atoms with Gasteiger partial charge in [0.1, 0.15) is 0 Å². The van der Waals surface area contributed by atoms with E-state index in [1.807, 2.05) is 6.08 Å². The fourth-order valence-corrected chi connectivity index (χ4v) is 13.7. The van der Waals surface area contributed by atoms with Crippen molar-refractivity contribution in [2.24, 2.45) is 0 Å². The van der Waals surface area contributed by atoms with E-state index in [9.17, 15) is 19.8 Å². The lowest BCUT2D eigenvalue weighted by atomic mass is 10.0. The van der Waals surface area contributed by atoms with Crippen LogP contribution in [-0.4, -0.2) is 47.4 Å². The van der Waals surface area contributed by atoms with Gasteiger partial charge in [-0.3, -0.25) is 9.59 Å². The van der Waals surface area contributed by atoms with Crippen LogP contribution in [-0.2, 0) is 14.3 Å². The van der Waals surface area contributed by atoms with Gasteiger partial charge >= 0.3 is 5.97 Å². The number of carbonyl (C=O) groups excluding carboxylic acids is 2. The molecule has 0 saturated carbocycles. The fraction of sp³-hybridized carbons (Fsp3) is 0.908. The molecule has 2 unspecified atom stereocenters. The topological polar surface area (TPSA) is 95.9 Å². The second-order valence-electron chi connectivity index (χ2n) is 29.5. The van der Waals surface area contributed by atoms with Crippen molar-refractivity contribution in [1.29, 1.82) is 0 Å². The molecule has 0 rings (SSSR count). The Labute approximate surface area is 583 Å². The Kier molecular flexibility index (Phi) is 80.8. The van der Waals surface area contributed by atoms with E-state index in [0.29, 0.717) is 19.4 Å². The van der Waals surface area contributed by atoms with E-state index in [0.717, 1.165) is 51.4 Å². The minimum absolute atomic E-state index is 0.0169. The van der Waals surface area contributed by atoms with E-state index in [2.05, 4.69) is 43.5 Å². The van der Waals surface area contributed by atoms with Crippen LogP contribution in [0, 0.1) is 0 Å². The molecule has 550 valence electrons. The highest BCUT2D eigenvalue weighted by molar-refractivity contribution is 5.76. The first-order valence-corrected chi connectivity index (χ1v) is 42.8. The number of amides is 1. The molecular weight excluding hydrogens is 1140 g/mol. The number of aliphatic hydroxyl groups excluding tert-OH is 2. The van der Waals surface area contributed by atoms with Gasteiger partial charge in [0.2, 0.25) is 5.91 Å². The Morgan fingerprint density at radius 2 is 0.538 bits per heavy atom. The summed E-state index contributed by atoms with van der Waals surface area (Å²) in [5.41, 5.74) is 0. The Hall–Kier alpha value is -1.92. The second-order valence-corrected chi connectivity index (χ2v) is 29.5. The van der Waals surface area contributed by atoms with E-state index in [1.165, 1.54) is 405 Å². The van der Waals surface area contributed by atoms with Gasteiger partial charge in [-0.05, 0) is 64.2 Å². The predicted octanol–water partition coefficient (Wildman–Crippen LogP) is 28.6. The average molecular weight is 1310 g/mol. The monoisotopic (exact) mass is 1310 g/mol. The first-order valence-electron chi connectivity index (χ1n) is 42.8. The molecule has 0 fully saturated rings. The third-order valence-electron chi connectivity index (χ3n) is 20.2. The summed E-state index contributed by atoms with van der Waals surface area (Å²) in [7, 11) is 0. The number of nitrogens with one attached hydrogen (secondary N) is 1. The van der Waals surface area contributed by atoms with Gasteiger partial charge in [-0.1, -0.05) is 442 Å². The maximum atomic E-state index is 12.5. The van der Waals surface area contributed by atoms with Gasteiger partial charge in [0.25, 0.3) is 0 Å². The molecule has 3 N–H and O–H groups in total. The summed E-state index contributed by atoms with van der Waals surface area (Å²) in [6.07, 6.45) is 109. The summed E-state index contributed by atoms with van der Waals surface area (Å²) in [5.74, 6) is -0.0402. The smallest absolute Gasteiger partial charge is 0.305 e. The molecule has 0 aliphatic rings. The molecule has 0 spiro atoms. The number of unbranched alkanes of at least 4 members (excludes halogenated alkanes) is 66. The third-order valence-corrected chi connectivity index (χ3v) is 20.2. The van der Waals surface area contributed by atoms with Crippen molar-refractivity contribution in [1.82, 2.24) is 5.32 Å². The van der Waals surface area contributed by atoms with E-state index < -0.39 is 12.1 Å². The first-order chi connectivity index (χ1) is 46.0. The molecular formula is C87H167NO5. The normalized spacial score (nSPS) is 12.6. The van der Waals surface area contributed by atoms with Crippen LogP contribution in [0.1, 0.15) is 483 Å². The molecule has 1 amide bonds. The Morgan fingerprint density at radius 3 is 0.839 bits per heavy atom. The number of allylic oxidation sites excluding steroid dienone is 5. The van der Waals surface area contributed by atoms with Crippen LogP contribution in [0.15, 0.2) is 36.5 Å². The van der Waals surface area contributed by atoms with Gasteiger partial charge in [-0.2, -0.15) is 0 Å². The van der Waals surface area contributed by atoms with Crippen molar-refractivity contribution >= 4 is 11.9 Å². The fourth-order valence-electron chi connectivity index (χ4n) is 13.7.